The minimum absolute atomic E-state index is 0.0795. The van der Waals surface area contributed by atoms with Gasteiger partial charge in [-0.05, 0) is 17.5 Å². The third-order valence-corrected chi connectivity index (χ3v) is 4.20. The average Bonchev–Trinajstić information content (AvgIpc) is 2.88. The van der Waals surface area contributed by atoms with Crippen LogP contribution in [0.1, 0.15) is 23.6 Å². The normalized spacial score (nSPS) is 28.2. The van der Waals surface area contributed by atoms with Crippen molar-refractivity contribution in [1.82, 2.24) is 10.2 Å². The molecule has 3 rings (SSSR count). The van der Waals surface area contributed by atoms with Gasteiger partial charge in [-0.25, -0.2) is 4.79 Å². The summed E-state index contributed by atoms with van der Waals surface area (Å²) in [5.74, 6) is -1.34. The molecule has 1 saturated heterocycles. The number of nitrogens with one attached hydrogen (secondary N) is 1. The zero-order valence-corrected chi connectivity index (χ0v) is 11.5. The van der Waals surface area contributed by atoms with Gasteiger partial charge in [0.15, 0.2) is 0 Å². The highest BCUT2D eigenvalue weighted by Crippen LogP contribution is 2.28. The van der Waals surface area contributed by atoms with Crippen molar-refractivity contribution in [2.24, 2.45) is 0 Å². The van der Waals surface area contributed by atoms with Gasteiger partial charge in [0, 0.05) is 19.5 Å². The molecule has 2 aliphatic heterocycles. The first-order valence-electron chi connectivity index (χ1n) is 7.10. The van der Waals surface area contributed by atoms with E-state index in [1.54, 1.807) is 0 Å². The number of aliphatic hydroxyl groups is 1. The number of hydrogen-bond donors (Lipinski definition) is 3. The molecular weight excluding hydrogens is 272 g/mol. The van der Waals surface area contributed by atoms with Gasteiger partial charge >= 0.3 is 5.97 Å². The summed E-state index contributed by atoms with van der Waals surface area (Å²) in [5.41, 5.74) is 2.01. The lowest BCUT2D eigenvalue weighted by Gasteiger charge is -2.31. The van der Waals surface area contributed by atoms with Crippen LogP contribution in [-0.2, 0) is 16.0 Å². The number of likely N-dealkylation sites (tertiary alicyclic amines) is 1. The second-order valence-corrected chi connectivity index (χ2v) is 5.57. The summed E-state index contributed by atoms with van der Waals surface area (Å²) in [6.45, 7) is 0.762. The Kier molecular flexibility index (Phi) is 3.65. The van der Waals surface area contributed by atoms with Gasteiger partial charge in [0.1, 0.15) is 12.1 Å². The number of fused-ring (bicyclic) bond motifs is 1. The van der Waals surface area contributed by atoms with E-state index in [9.17, 15) is 19.8 Å². The lowest BCUT2D eigenvalue weighted by atomic mass is 9.93. The van der Waals surface area contributed by atoms with Crippen LogP contribution in [0.15, 0.2) is 24.3 Å². The first-order valence-corrected chi connectivity index (χ1v) is 7.10. The molecule has 3 atom stereocenters. The minimum Gasteiger partial charge on any atom is -0.480 e. The Morgan fingerprint density at radius 2 is 2.05 bits per heavy atom. The van der Waals surface area contributed by atoms with Crippen LogP contribution in [0, 0.1) is 0 Å². The molecule has 0 bridgehead atoms. The summed E-state index contributed by atoms with van der Waals surface area (Å²) in [5, 5.41) is 22.1. The molecule has 0 spiro atoms. The van der Waals surface area contributed by atoms with Crippen LogP contribution in [0.3, 0.4) is 0 Å². The Labute approximate surface area is 122 Å². The predicted octanol–water partition coefficient (Wildman–Crippen LogP) is -0.0802. The van der Waals surface area contributed by atoms with Crippen LogP contribution in [0.25, 0.3) is 0 Å². The third kappa shape index (κ3) is 2.52. The van der Waals surface area contributed by atoms with E-state index >= 15 is 0 Å². The Bertz CT molecular complexity index is 575. The average molecular weight is 290 g/mol. The van der Waals surface area contributed by atoms with Crippen molar-refractivity contribution in [2.75, 3.05) is 13.1 Å². The smallest absolute Gasteiger partial charge is 0.326 e. The monoisotopic (exact) mass is 290 g/mol. The molecular formula is C15H18N2O4. The molecule has 21 heavy (non-hydrogen) atoms. The number of benzene rings is 1. The van der Waals surface area contributed by atoms with Gasteiger partial charge in [-0.2, -0.15) is 0 Å². The van der Waals surface area contributed by atoms with Gasteiger partial charge in [0.2, 0.25) is 5.91 Å². The molecule has 1 aromatic carbocycles. The summed E-state index contributed by atoms with van der Waals surface area (Å²) >= 11 is 0. The van der Waals surface area contributed by atoms with E-state index in [1.165, 1.54) is 4.90 Å². The van der Waals surface area contributed by atoms with E-state index in [4.69, 9.17) is 0 Å². The van der Waals surface area contributed by atoms with Crippen LogP contribution in [0.4, 0.5) is 0 Å². The van der Waals surface area contributed by atoms with Gasteiger partial charge < -0.3 is 20.4 Å². The van der Waals surface area contributed by atoms with Crippen molar-refractivity contribution < 1.29 is 19.8 Å². The Morgan fingerprint density at radius 1 is 1.29 bits per heavy atom. The van der Waals surface area contributed by atoms with Crippen molar-refractivity contribution in [2.45, 2.75) is 31.0 Å². The summed E-state index contributed by atoms with van der Waals surface area (Å²) in [6, 6.07) is 6.23. The van der Waals surface area contributed by atoms with Crippen molar-refractivity contribution in [3.8, 4) is 0 Å². The zero-order chi connectivity index (χ0) is 15.0. The fraction of sp³-hybridized carbons (Fsp3) is 0.467. The number of nitrogens with zero attached hydrogens (tertiary/aromatic N) is 1. The fourth-order valence-electron chi connectivity index (χ4n) is 3.18. The van der Waals surface area contributed by atoms with E-state index in [-0.39, 0.29) is 18.9 Å². The number of carbonyl (C=O) groups excluding carboxylic acids is 1. The number of aliphatic carboxylic acids is 1. The fourth-order valence-corrected chi connectivity index (χ4v) is 3.18. The Balaban J connectivity index is 1.87. The van der Waals surface area contributed by atoms with E-state index in [0.29, 0.717) is 6.54 Å². The molecule has 0 aliphatic carbocycles. The molecule has 1 amide bonds. The standard InChI is InChI=1S/C15H18N2O4/c18-10-7-12(15(20)21)17(8-10)14(19)13-11-4-2-1-3-9(11)5-6-16-13/h1-4,10,12-13,16,18H,5-8H2,(H,20,21)/t10-,12+,13?/m1/s1. The van der Waals surface area contributed by atoms with E-state index in [0.717, 1.165) is 17.5 Å². The highest BCUT2D eigenvalue weighted by atomic mass is 16.4. The number of carboxylic acid groups (broad SMARTS) is 1. The number of aliphatic hydroxyl groups excluding tert-OH is 1. The van der Waals surface area contributed by atoms with Crippen molar-refractivity contribution in [1.29, 1.82) is 0 Å². The maximum Gasteiger partial charge on any atom is 0.326 e. The first-order chi connectivity index (χ1) is 10.1. The van der Waals surface area contributed by atoms with E-state index < -0.39 is 24.2 Å². The SMILES string of the molecule is O=C(O)[C@@H]1C[C@@H](O)CN1C(=O)C1NCCc2ccccc21. The van der Waals surface area contributed by atoms with Crippen molar-refractivity contribution in [3.05, 3.63) is 35.4 Å². The minimum atomic E-state index is -1.07. The maximum atomic E-state index is 12.7. The molecule has 2 heterocycles. The Morgan fingerprint density at radius 3 is 2.81 bits per heavy atom. The molecule has 6 nitrogen and oxygen atoms in total. The molecule has 1 unspecified atom stereocenters. The topological polar surface area (TPSA) is 89.9 Å². The molecule has 1 aromatic rings. The van der Waals surface area contributed by atoms with Gasteiger partial charge in [-0.1, -0.05) is 24.3 Å². The molecule has 2 aliphatic rings. The van der Waals surface area contributed by atoms with Crippen molar-refractivity contribution in [3.63, 3.8) is 0 Å². The number of β-amino-alcohol motifs (C(OH)–C–C–N with tert-alkyl or cyclic N) is 1. The highest BCUT2D eigenvalue weighted by Gasteiger charge is 2.42. The number of carboxylic acids is 1. The third-order valence-electron chi connectivity index (χ3n) is 4.20. The maximum absolute atomic E-state index is 12.7. The van der Waals surface area contributed by atoms with Crippen LogP contribution in [0.2, 0.25) is 0 Å². The van der Waals surface area contributed by atoms with Gasteiger partial charge in [0.25, 0.3) is 0 Å². The number of hydrogen-bond acceptors (Lipinski definition) is 4. The number of carbonyl (C=O) groups is 2. The lowest BCUT2D eigenvalue weighted by Crippen LogP contribution is -2.48. The molecule has 3 N–H and O–H groups in total. The summed E-state index contributed by atoms with van der Waals surface area (Å²) < 4.78 is 0. The van der Waals surface area contributed by atoms with E-state index in [2.05, 4.69) is 5.32 Å². The second kappa shape index (κ2) is 5.46. The molecule has 1 fully saturated rings. The molecule has 0 aromatic heterocycles. The Hall–Kier alpha value is -1.92. The van der Waals surface area contributed by atoms with Crippen LogP contribution >= 0.6 is 0 Å². The van der Waals surface area contributed by atoms with Gasteiger partial charge in [-0.3, -0.25) is 4.79 Å². The largest absolute Gasteiger partial charge is 0.480 e. The predicted molar refractivity (Wildman–Crippen MR) is 74.7 cm³/mol. The quantitative estimate of drug-likeness (QED) is 0.709. The number of amides is 1. The molecule has 6 heteroatoms. The number of rotatable bonds is 2. The summed E-state index contributed by atoms with van der Waals surface area (Å²) in [6.07, 6.45) is 0.175. The summed E-state index contributed by atoms with van der Waals surface area (Å²) in [7, 11) is 0. The first kappa shape index (κ1) is 14.0. The molecule has 0 radical (unpaired) electrons. The van der Waals surface area contributed by atoms with Gasteiger partial charge in [0.05, 0.1) is 6.10 Å². The molecule has 112 valence electrons. The molecule has 0 saturated carbocycles. The van der Waals surface area contributed by atoms with Crippen LogP contribution in [0.5, 0.6) is 0 Å². The second-order valence-electron chi connectivity index (χ2n) is 5.57. The zero-order valence-electron chi connectivity index (χ0n) is 11.5. The van der Waals surface area contributed by atoms with Crippen LogP contribution < -0.4 is 5.32 Å². The summed E-state index contributed by atoms with van der Waals surface area (Å²) in [4.78, 5) is 25.3. The van der Waals surface area contributed by atoms with Gasteiger partial charge in [-0.15, -0.1) is 0 Å². The van der Waals surface area contributed by atoms with Crippen molar-refractivity contribution >= 4 is 11.9 Å². The van der Waals surface area contributed by atoms with E-state index in [1.807, 2.05) is 24.3 Å². The van der Waals surface area contributed by atoms with Crippen LogP contribution in [-0.4, -0.2) is 52.2 Å². The highest BCUT2D eigenvalue weighted by molar-refractivity contribution is 5.89. The lowest BCUT2D eigenvalue weighted by molar-refractivity contribution is -0.149.